The van der Waals surface area contributed by atoms with Crippen LogP contribution in [-0.4, -0.2) is 34.2 Å². The van der Waals surface area contributed by atoms with Crippen LogP contribution in [0.25, 0.3) is 0 Å². The normalized spacial score (nSPS) is 29.5. The smallest absolute Gasteiger partial charge is 0.323 e. The van der Waals surface area contributed by atoms with Gasteiger partial charge in [0.2, 0.25) is 0 Å². The van der Waals surface area contributed by atoms with E-state index in [9.17, 15) is 9.90 Å². The van der Waals surface area contributed by atoms with Crippen molar-refractivity contribution in [2.75, 3.05) is 12.3 Å². The maximum Gasteiger partial charge on any atom is 0.323 e. The largest absolute Gasteiger partial charge is 0.480 e. The molecule has 0 aromatic heterocycles. The number of carboxylic acid groups (broad SMARTS) is 1. The molecule has 94 valence electrons. The zero-order chi connectivity index (χ0) is 12.0. The van der Waals surface area contributed by atoms with Gasteiger partial charge >= 0.3 is 5.97 Å². The van der Waals surface area contributed by atoms with Gasteiger partial charge in [-0.15, -0.1) is 0 Å². The molecule has 4 heteroatoms. The number of likely N-dealkylation sites (N-methyl/N-ethyl adjacent to an activating group) is 1. The molecular formula is C12H23NO2S. The van der Waals surface area contributed by atoms with E-state index in [4.69, 9.17) is 0 Å². The van der Waals surface area contributed by atoms with Crippen LogP contribution in [0, 0.1) is 0 Å². The van der Waals surface area contributed by atoms with Crippen molar-refractivity contribution in [1.82, 2.24) is 5.32 Å². The molecule has 0 aromatic carbocycles. The van der Waals surface area contributed by atoms with Crippen molar-refractivity contribution in [3.8, 4) is 0 Å². The summed E-state index contributed by atoms with van der Waals surface area (Å²) in [5, 5.41) is 13.0. The van der Waals surface area contributed by atoms with E-state index in [0.29, 0.717) is 5.25 Å². The summed E-state index contributed by atoms with van der Waals surface area (Å²) in [7, 11) is 0. The van der Waals surface area contributed by atoms with Gasteiger partial charge in [0.25, 0.3) is 0 Å². The van der Waals surface area contributed by atoms with Crippen molar-refractivity contribution in [2.45, 2.75) is 56.7 Å². The van der Waals surface area contributed by atoms with Crippen LogP contribution in [0.4, 0.5) is 0 Å². The number of thioether (sulfide) groups is 1. The van der Waals surface area contributed by atoms with Gasteiger partial charge in [-0.25, -0.2) is 0 Å². The highest BCUT2D eigenvalue weighted by molar-refractivity contribution is 7.99. The number of carboxylic acids is 1. The van der Waals surface area contributed by atoms with Gasteiger partial charge in [0, 0.05) is 5.25 Å². The highest BCUT2D eigenvalue weighted by atomic mass is 32.2. The SMILES string of the molecule is CCCCSC1CCC(NCC)(C(=O)O)C1. The van der Waals surface area contributed by atoms with Gasteiger partial charge in [-0.2, -0.15) is 11.8 Å². The molecule has 3 nitrogen and oxygen atoms in total. The monoisotopic (exact) mass is 245 g/mol. The number of unbranched alkanes of at least 4 members (excludes halogenated alkanes) is 1. The molecule has 0 aliphatic heterocycles. The molecule has 0 radical (unpaired) electrons. The molecule has 0 bridgehead atoms. The average Bonchev–Trinajstić information content (AvgIpc) is 2.64. The lowest BCUT2D eigenvalue weighted by atomic mass is 9.98. The predicted molar refractivity (Wildman–Crippen MR) is 69.0 cm³/mol. The first kappa shape index (κ1) is 13.8. The second kappa shape index (κ2) is 6.50. The molecule has 1 saturated carbocycles. The maximum absolute atomic E-state index is 11.3. The number of carbonyl (C=O) groups is 1. The van der Waals surface area contributed by atoms with E-state index in [1.54, 1.807) is 0 Å². The Labute approximate surface area is 102 Å². The van der Waals surface area contributed by atoms with E-state index < -0.39 is 11.5 Å². The second-order valence-corrected chi connectivity index (χ2v) is 5.91. The molecule has 2 atom stereocenters. The van der Waals surface area contributed by atoms with E-state index in [-0.39, 0.29) is 0 Å². The molecule has 2 N–H and O–H groups in total. The summed E-state index contributed by atoms with van der Waals surface area (Å²) in [5.41, 5.74) is -0.640. The lowest BCUT2D eigenvalue weighted by Gasteiger charge is -2.25. The van der Waals surface area contributed by atoms with E-state index in [2.05, 4.69) is 12.2 Å². The Bertz CT molecular complexity index is 235. The number of hydrogen-bond donors (Lipinski definition) is 2. The quantitative estimate of drug-likeness (QED) is 0.677. The van der Waals surface area contributed by atoms with Crippen LogP contribution in [0.1, 0.15) is 46.0 Å². The van der Waals surface area contributed by atoms with Gasteiger partial charge in [0.05, 0.1) is 0 Å². The first-order chi connectivity index (χ1) is 7.64. The van der Waals surface area contributed by atoms with Crippen LogP contribution in [0.2, 0.25) is 0 Å². The molecule has 0 amide bonds. The van der Waals surface area contributed by atoms with Crippen LogP contribution < -0.4 is 5.32 Å². The number of hydrogen-bond acceptors (Lipinski definition) is 3. The van der Waals surface area contributed by atoms with E-state index in [0.717, 1.165) is 25.8 Å². The molecule has 1 fully saturated rings. The zero-order valence-corrected chi connectivity index (χ0v) is 11.1. The average molecular weight is 245 g/mol. The van der Waals surface area contributed by atoms with Gasteiger partial charge in [-0.3, -0.25) is 4.79 Å². The van der Waals surface area contributed by atoms with Crippen LogP contribution in [0.5, 0.6) is 0 Å². The summed E-state index contributed by atoms with van der Waals surface area (Å²) in [6.45, 7) is 4.90. The third kappa shape index (κ3) is 3.39. The van der Waals surface area contributed by atoms with Crippen molar-refractivity contribution >= 4 is 17.7 Å². The first-order valence-corrected chi connectivity index (χ1v) is 7.29. The van der Waals surface area contributed by atoms with Crippen molar-refractivity contribution in [1.29, 1.82) is 0 Å². The highest BCUT2D eigenvalue weighted by Gasteiger charge is 2.44. The Morgan fingerprint density at radius 2 is 2.31 bits per heavy atom. The Balaban J connectivity index is 2.43. The van der Waals surface area contributed by atoms with Crippen LogP contribution in [0.3, 0.4) is 0 Å². The van der Waals surface area contributed by atoms with Gasteiger partial charge in [-0.05, 0) is 38.0 Å². The van der Waals surface area contributed by atoms with Gasteiger partial charge in [-0.1, -0.05) is 20.3 Å². The summed E-state index contributed by atoms with van der Waals surface area (Å²) >= 11 is 1.95. The van der Waals surface area contributed by atoms with Crippen LogP contribution >= 0.6 is 11.8 Å². The fourth-order valence-electron chi connectivity index (χ4n) is 2.31. The number of aliphatic carboxylic acids is 1. The molecular weight excluding hydrogens is 222 g/mol. The fraction of sp³-hybridized carbons (Fsp3) is 0.917. The zero-order valence-electron chi connectivity index (χ0n) is 10.3. The third-order valence-electron chi connectivity index (χ3n) is 3.25. The minimum Gasteiger partial charge on any atom is -0.480 e. The fourth-order valence-corrected chi connectivity index (χ4v) is 3.78. The van der Waals surface area contributed by atoms with E-state index in [1.165, 1.54) is 18.6 Å². The molecule has 0 saturated heterocycles. The van der Waals surface area contributed by atoms with E-state index in [1.807, 2.05) is 18.7 Å². The molecule has 1 aliphatic rings. The Kier molecular flexibility index (Phi) is 5.62. The number of rotatable bonds is 7. The Morgan fingerprint density at radius 3 is 2.88 bits per heavy atom. The van der Waals surface area contributed by atoms with E-state index >= 15 is 0 Å². The van der Waals surface area contributed by atoms with Crippen molar-refractivity contribution in [2.24, 2.45) is 0 Å². The van der Waals surface area contributed by atoms with Crippen LogP contribution in [0.15, 0.2) is 0 Å². The topological polar surface area (TPSA) is 49.3 Å². The summed E-state index contributed by atoms with van der Waals surface area (Å²) in [6, 6.07) is 0. The van der Waals surface area contributed by atoms with Gasteiger partial charge in [0.15, 0.2) is 0 Å². The van der Waals surface area contributed by atoms with Crippen molar-refractivity contribution < 1.29 is 9.90 Å². The summed E-state index contributed by atoms with van der Waals surface area (Å²) in [6.07, 6.45) is 5.05. The minimum atomic E-state index is -0.673. The molecule has 2 unspecified atom stereocenters. The van der Waals surface area contributed by atoms with Crippen LogP contribution in [-0.2, 0) is 4.79 Å². The molecule has 0 aromatic rings. The predicted octanol–water partition coefficient (Wildman–Crippen LogP) is 2.51. The molecule has 0 spiro atoms. The lowest BCUT2D eigenvalue weighted by molar-refractivity contribution is -0.144. The minimum absolute atomic E-state index is 0.529. The standard InChI is InChI=1S/C12H23NO2S/c1-3-5-8-16-10-6-7-12(9-10,11(14)15)13-4-2/h10,13H,3-9H2,1-2H3,(H,14,15). The summed E-state index contributed by atoms with van der Waals surface area (Å²) in [4.78, 5) is 11.3. The van der Waals surface area contributed by atoms with Crippen molar-refractivity contribution in [3.63, 3.8) is 0 Å². The van der Waals surface area contributed by atoms with Crippen molar-refractivity contribution in [3.05, 3.63) is 0 Å². The Morgan fingerprint density at radius 1 is 1.56 bits per heavy atom. The molecule has 0 heterocycles. The summed E-state index contributed by atoms with van der Waals surface area (Å²) < 4.78 is 0. The summed E-state index contributed by atoms with van der Waals surface area (Å²) in [5.74, 6) is 0.496. The third-order valence-corrected chi connectivity index (χ3v) is 4.64. The second-order valence-electron chi connectivity index (χ2n) is 4.51. The molecule has 16 heavy (non-hydrogen) atoms. The van der Waals surface area contributed by atoms with Gasteiger partial charge < -0.3 is 10.4 Å². The Hall–Kier alpha value is -0.220. The number of nitrogens with one attached hydrogen (secondary N) is 1. The first-order valence-electron chi connectivity index (χ1n) is 6.24. The highest BCUT2D eigenvalue weighted by Crippen LogP contribution is 2.37. The maximum atomic E-state index is 11.3. The molecule has 1 rings (SSSR count). The molecule has 1 aliphatic carbocycles. The van der Waals surface area contributed by atoms with Gasteiger partial charge in [0.1, 0.15) is 5.54 Å². The lowest BCUT2D eigenvalue weighted by Crippen LogP contribution is -2.50.